The lowest BCUT2D eigenvalue weighted by molar-refractivity contribution is -0.118. The number of hydrogen-bond donors (Lipinski definition) is 1. The van der Waals surface area contributed by atoms with Gasteiger partial charge in [-0.15, -0.1) is 0 Å². The van der Waals surface area contributed by atoms with E-state index in [9.17, 15) is 9.59 Å². The molecule has 0 radical (unpaired) electrons. The van der Waals surface area contributed by atoms with Gasteiger partial charge in [-0.1, -0.05) is 60.1 Å². The number of amides is 1. The largest absolute Gasteiger partial charge is 0.445 e. The van der Waals surface area contributed by atoms with Crippen molar-refractivity contribution in [1.29, 1.82) is 0 Å². The number of rotatable bonds is 7. The van der Waals surface area contributed by atoms with Crippen molar-refractivity contribution >= 4 is 27.8 Å². The molecular formula is C15H20BrNO3. The molecule has 0 unspecified atom stereocenters. The summed E-state index contributed by atoms with van der Waals surface area (Å²) in [5.41, 5.74) is 0.912. The van der Waals surface area contributed by atoms with Crippen molar-refractivity contribution in [1.82, 2.24) is 5.32 Å². The van der Waals surface area contributed by atoms with E-state index in [4.69, 9.17) is 4.74 Å². The number of alkyl halides is 1. The highest BCUT2D eigenvalue weighted by molar-refractivity contribution is 9.09. The number of ketones is 1. The molecule has 1 amide bonds. The Kier molecular flexibility index (Phi) is 7.30. The lowest BCUT2D eigenvalue weighted by atomic mass is 10.0. The van der Waals surface area contributed by atoms with Gasteiger partial charge in [0, 0.05) is 0 Å². The Morgan fingerprint density at radius 2 is 1.90 bits per heavy atom. The normalized spacial score (nSPS) is 12.0. The molecule has 0 heterocycles. The summed E-state index contributed by atoms with van der Waals surface area (Å²) in [4.78, 5) is 23.5. The minimum Gasteiger partial charge on any atom is -0.445 e. The number of nitrogens with one attached hydrogen (secondary N) is 1. The van der Waals surface area contributed by atoms with Crippen LogP contribution in [0.25, 0.3) is 0 Å². The first-order valence-corrected chi connectivity index (χ1v) is 7.71. The van der Waals surface area contributed by atoms with Crippen LogP contribution in [0.15, 0.2) is 30.3 Å². The summed E-state index contributed by atoms with van der Waals surface area (Å²) in [6.45, 7) is 4.21. The molecule has 1 aromatic carbocycles. The lowest BCUT2D eigenvalue weighted by Crippen LogP contribution is -2.42. The van der Waals surface area contributed by atoms with Crippen molar-refractivity contribution in [2.45, 2.75) is 32.9 Å². The van der Waals surface area contributed by atoms with Crippen LogP contribution in [0.1, 0.15) is 25.8 Å². The van der Waals surface area contributed by atoms with Crippen LogP contribution >= 0.6 is 15.9 Å². The summed E-state index contributed by atoms with van der Waals surface area (Å²) < 4.78 is 5.12. The fourth-order valence-electron chi connectivity index (χ4n) is 1.74. The van der Waals surface area contributed by atoms with Crippen LogP contribution in [0, 0.1) is 5.92 Å². The lowest BCUT2D eigenvalue weighted by Gasteiger charge is -2.18. The SMILES string of the molecule is CC(C)C[C@H](NC(=O)OCc1ccccc1)C(=O)CBr. The zero-order valence-electron chi connectivity index (χ0n) is 11.8. The quantitative estimate of drug-likeness (QED) is 0.774. The maximum atomic E-state index is 11.7. The Balaban J connectivity index is 2.47. The average Bonchev–Trinajstić information content (AvgIpc) is 2.44. The Hall–Kier alpha value is -1.36. The first-order valence-electron chi connectivity index (χ1n) is 6.58. The van der Waals surface area contributed by atoms with E-state index in [1.54, 1.807) is 0 Å². The fraction of sp³-hybridized carbons (Fsp3) is 0.467. The predicted octanol–water partition coefficient (Wildman–Crippen LogP) is 3.29. The van der Waals surface area contributed by atoms with Crippen LogP contribution in [-0.4, -0.2) is 23.2 Å². The number of Topliss-reactive ketones (excluding diaryl/α,β-unsaturated/α-hetero) is 1. The third-order valence-electron chi connectivity index (χ3n) is 2.73. The highest BCUT2D eigenvalue weighted by Crippen LogP contribution is 2.08. The molecule has 0 saturated heterocycles. The molecule has 0 aliphatic rings. The van der Waals surface area contributed by atoms with Gasteiger partial charge in [0.05, 0.1) is 11.4 Å². The molecule has 0 fully saturated rings. The summed E-state index contributed by atoms with van der Waals surface area (Å²) in [7, 11) is 0. The van der Waals surface area contributed by atoms with Crippen LogP contribution in [-0.2, 0) is 16.1 Å². The highest BCUT2D eigenvalue weighted by Gasteiger charge is 2.21. The second-order valence-electron chi connectivity index (χ2n) is 4.99. The molecule has 5 heteroatoms. The Labute approximate surface area is 128 Å². The first kappa shape index (κ1) is 16.7. The number of carbonyl (C=O) groups excluding carboxylic acids is 2. The van der Waals surface area contributed by atoms with E-state index >= 15 is 0 Å². The van der Waals surface area contributed by atoms with Gasteiger partial charge >= 0.3 is 6.09 Å². The molecule has 0 aromatic heterocycles. The predicted molar refractivity (Wildman–Crippen MR) is 81.8 cm³/mol. The zero-order chi connectivity index (χ0) is 15.0. The molecule has 1 atom stereocenters. The van der Waals surface area contributed by atoms with Gasteiger partial charge in [-0.05, 0) is 17.9 Å². The number of hydrogen-bond acceptors (Lipinski definition) is 3. The van der Waals surface area contributed by atoms with Crippen LogP contribution in [0.2, 0.25) is 0 Å². The van der Waals surface area contributed by atoms with Crippen molar-refractivity contribution in [3.8, 4) is 0 Å². The fourth-order valence-corrected chi connectivity index (χ4v) is 2.13. The zero-order valence-corrected chi connectivity index (χ0v) is 13.4. The van der Waals surface area contributed by atoms with E-state index < -0.39 is 12.1 Å². The number of ether oxygens (including phenoxy) is 1. The summed E-state index contributed by atoms with van der Waals surface area (Å²) in [6, 6.07) is 8.92. The van der Waals surface area contributed by atoms with E-state index in [0.717, 1.165) is 5.56 Å². The minimum absolute atomic E-state index is 0.0460. The summed E-state index contributed by atoms with van der Waals surface area (Å²) in [6.07, 6.45) is 0.0408. The van der Waals surface area contributed by atoms with E-state index in [-0.39, 0.29) is 17.7 Å². The van der Waals surface area contributed by atoms with Crippen molar-refractivity contribution < 1.29 is 14.3 Å². The summed E-state index contributed by atoms with van der Waals surface area (Å²) >= 11 is 3.13. The minimum atomic E-state index is -0.561. The van der Waals surface area contributed by atoms with E-state index in [2.05, 4.69) is 21.2 Å². The number of halogens is 1. The smallest absolute Gasteiger partial charge is 0.408 e. The molecule has 20 heavy (non-hydrogen) atoms. The van der Waals surface area contributed by atoms with Crippen LogP contribution < -0.4 is 5.32 Å². The summed E-state index contributed by atoms with van der Waals surface area (Å²) in [5.74, 6) is 0.271. The van der Waals surface area contributed by atoms with E-state index in [1.807, 2.05) is 44.2 Å². The second kappa shape index (κ2) is 8.74. The Morgan fingerprint density at radius 1 is 1.25 bits per heavy atom. The molecule has 0 saturated carbocycles. The van der Waals surface area contributed by atoms with Crippen molar-refractivity contribution in [3.63, 3.8) is 0 Å². The van der Waals surface area contributed by atoms with Crippen molar-refractivity contribution in [2.75, 3.05) is 5.33 Å². The van der Waals surface area contributed by atoms with Crippen LogP contribution in [0.5, 0.6) is 0 Å². The van der Waals surface area contributed by atoms with Gasteiger partial charge in [-0.2, -0.15) is 0 Å². The summed E-state index contributed by atoms with van der Waals surface area (Å²) in [5, 5.41) is 2.85. The molecule has 1 N–H and O–H groups in total. The maximum Gasteiger partial charge on any atom is 0.408 e. The molecule has 0 spiro atoms. The van der Waals surface area contributed by atoms with Gasteiger partial charge in [-0.3, -0.25) is 4.79 Å². The van der Waals surface area contributed by atoms with Gasteiger partial charge in [0.15, 0.2) is 5.78 Å². The van der Waals surface area contributed by atoms with Crippen molar-refractivity contribution in [2.24, 2.45) is 5.92 Å². The third kappa shape index (κ3) is 6.19. The Morgan fingerprint density at radius 3 is 2.45 bits per heavy atom. The van der Waals surface area contributed by atoms with Crippen LogP contribution in [0.4, 0.5) is 4.79 Å². The van der Waals surface area contributed by atoms with Gasteiger partial charge in [0.1, 0.15) is 6.61 Å². The van der Waals surface area contributed by atoms with Crippen molar-refractivity contribution in [3.05, 3.63) is 35.9 Å². The Bertz CT molecular complexity index is 434. The molecule has 4 nitrogen and oxygen atoms in total. The molecule has 110 valence electrons. The van der Waals surface area contributed by atoms with Crippen LogP contribution in [0.3, 0.4) is 0 Å². The van der Waals surface area contributed by atoms with Gasteiger partial charge in [-0.25, -0.2) is 4.79 Å². The monoisotopic (exact) mass is 341 g/mol. The molecule has 0 aliphatic heterocycles. The highest BCUT2D eigenvalue weighted by atomic mass is 79.9. The number of alkyl carbamates (subject to hydrolysis) is 1. The number of benzene rings is 1. The molecule has 0 bridgehead atoms. The average molecular weight is 342 g/mol. The molecule has 1 rings (SSSR count). The van der Waals surface area contributed by atoms with Gasteiger partial charge in [0.25, 0.3) is 0 Å². The number of carbonyl (C=O) groups is 2. The first-order chi connectivity index (χ1) is 9.52. The second-order valence-corrected chi connectivity index (χ2v) is 5.55. The van der Waals surface area contributed by atoms with E-state index in [0.29, 0.717) is 12.3 Å². The molecule has 0 aliphatic carbocycles. The standard InChI is InChI=1S/C15H20BrNO3/c1-11(2)8-13(14(18)9-16)17-15(19)20-10-12-6-4-3-5-7-12/h3-7,11,13H,8-10H2,1-2H3,(H,17,19)/t13-/m0/s1. The molecule has 1 aromatic rings. The molecular weight excluding hydrogens is 322 g/mol. The third-order valence-corrected chi connectivity index (χ3v) is 3.28. The van der Waals surface area contributed by atoms with Gasteiger partial charge in [0.2, 0.25) is 0 Å². The van der Waals surface area contributed by atoms with E-state index in [1.165, 1.54) is 0 Å². The maximum absolute atomic E-state index is 11.7. The topological polar surface area (TPSA) is 55.4 Å². The van der Waals surface area contributed by atoms with Gasteiger partial charge < -0.3 is 10.1 Å².